The van der Waals surface area contributed by atoms with Crippen LogP contribution in [0.3, 0.4) is 0 Å². The van der Waals surface area contributed by atoms with Gasteiger partial charge in [-0.1, -0.05) is 0 Å². The first-order valence-electron chi connectivity index (χ1n) is 7.28. The van der Waals surface area contributed by atoms with Crippen LogP contribution in [0.2, 0.25) is 0 Å². The van der Waals surface area contributed by atoms with E-state index in [1.807, 2.05) is 0 Å². The Bertz CT molecular complexity index is 515. The van der Waals surface area contributed by atoms with Gasteiger partial charge < -0.3 is 20.5 Å². The lowest BCUT2D eigenvalue weighted by Gasteiger charge is -2.13. The maximum absolute atomic E-state index is 13.0. The van der Waals surface area contributed by atoms with Gasteiger partial charge in [-0.25, -0.2) is 8.78 Å². The Kier molecular flexibility index (Phi) is 8.22. The number of rotatable bonds is 9. The second-order valence-electron chi connectivity index (χ2n) is 5.42. The molecule has 0 spiro atoms. The van der Waals surface area contributed by atoms with Gasteiger partial charge in [-0.3, -0.25) is 4.79 Å². The summed E-state index contributed by atoms with van der Waals surface area (Å²) in [6, 6.07) is 3.12. The zero-order valence-electron chi connectivity index (χ0n) is 12.6. The molecule has 0 radical (unpaired) electrons. The van der Waals surface area contributed by atoms with Crippen molar-refractivity contribution in [3.63, 3.8) is 0 Å². The maximum atomic E-state index is 13.0. The fourth-order valence-electron chi connectivity index (χ4n) is 1.82. The van der Waals surface area contributed by atoms with Crippen molar-refractivity contribution in [1.29, 1.82) is 0 Å². The number of carbonyl (C=O) groups excluding carboxylic acids is 1. The van der Waals surface area contributed by atoms with Crippen LogP contribution in [0.15, 0.2) is 18.2 Å². The molecule has 1 aromatic carbocycles. The monoisotopic (exact) mass is 350 g/mol. The molecule has 0 aromatic heterocycles. The normalized spacial score (nSPS) is 14.7. The SMILES string of the molecule is Cl.O=C(CNCC1CC1)NCC(O)COc1ccc(F)c(F)c1. The van der Waals surface area contributed by atoms with Crippen LogP contribution in [0.5, 0.6) is 5.75 Å². The summed E-state index contributed by atoms with van der Waals surface area (Å²) in [6.07, 6.45) is 1.50. The molecule has 5 nitrogen and oxygen atoms in total. The van der Waals surface area contributed by atoms with Crippen molar-refractivity contribution < 1.29 is 23.4 Å². The molecule has 1 aliphatic rings. The van der Waals surface area contributed by atoms with Gasteiger partial charge in [0.1, 0.15) is 18.5 Å². The van der Waals surface area contributed by atoms with E-state index >= 15 is 0 Å². The van der Waals surface area contributed by atoms with Crippen LogP contribution in [0.4, 0.5) is 8.78 Å². The number of nitrogens with one attached hydrogen (secondary N) is 2. The van der Waals surface area contributed by atoms with Gasteiger partial charge in [0, 0.05) is 12.6 Å². The molecule has 1 amide bonds. The number of aliphatic hydroxyl groups is 1. The third-order valence-corrected chi connectivity index (χ3v) is 3.28. The smallest absolute Gasteiger partial charge is 0.234 e. The Morgan fingerprint density at radius 1 is 1.35 bits per heavy atom. The van der Waals surface area contributed by atoms with Crippen LogP contribution >= 0.6 is 12.4 Å². The van der Waals surface area contributed by atoms with Crippen LogP contribution < -0.4 is 15.4 Å². The summed E-state index contributed by atoms with van der Waals surface area (Å²) in [6.45, 7) is 0.969. The number of carbonyl (C=O) groups is 1. The van der Waals surface area contributed by atoms with Crippen LogP contribution in [0.25, 0.3) is 0 Å². The summed E-state index contributed by atoms with van der Waals surface area (Å²) in [5.41, 5.74) is 0. The summed E-state index contributed by atoms with van der Waals surface area (Å²) < 4.78 is 30.8. The Balaban J connectivity index is 0.00000264. The second-order valence-corrected chi connectivity index (χ2v) is 5.42. The molecular formula is C15H21ClF2N2O3. The van der Waals surface area contributed by atoms with Gasteiger partial charge in [0.05, 0.1) is 6.54 Å². The summed E-state index contributed by atoms with van der Waals surface area (Å²) >= 11 is 0. The fourth-order valence-corrected chi connectivity index (χ4v) is 1.82. The highest BCUT2D eigenvalue weighted by molar-refractivity contribution is 5.85. The van der Waals surface area contributed by atoms with Gasteiger partial charge in [0.15, 0.2) is 11.6 Å². The van der Waals surface area contributed by atoms with Crippen molar-refractivity contribution in [2.75, 3.05) is 26.2 Å². The van der Waals surface area contributed by atoms with Gasteiger partial charge >= 0.3 is 0 Å². The van der Waals surface area contributed by atoms with E-state index in [1.165, 1.54) is 18.9 Å². The highest BCUT2D eigenvalue weighted by Gasteiger charge is 2.20. The molecule has 1 atom stereocenters. The third kappa shape index (κ3) is 7.58. The Morgan fingerprint density at radius 3 is 2.74 bits per heavy atom. The van der Waals surface area contributed by atoms with Crippen molar-refractivity contribution in [3.8, 4) is 5.75 Å². The summed E-state index contributed by atoms with van der Waals surface area (Å²) in [4.78, 5) is 11.5. The van der Waals surface area contributed by atoms with E-state index in [0.717, 1.165) is 18.7 Å². The number of aliphatic hydroxyl groups excluding tert-OH is 1. The highest BCUT2D eigenvalue weighted by Crippen LogP contribution is 2.27. The first kappa shape index (κ1) is 19.6. The number of hydrogen-bond donors (Lipinski definition) is 3. The standard InChI is InChI=1S/C15H20F2N2O3.ClH/c16-13-4-3-12(5-14(13)17)22-9-11(20)7-19-15(21)8-18-6-10-1-2-10;/h3-5,10-11,18,20H,1-2,6-9H2,(H,19,21);1H. The van der Waals surface area contributed by atoms with E-state index in [-0.39, 0.29) is 43.8 Å². The summed E-state index contributed by atoms with van der Waals surface area (Å²) in [5, 5.41) is 15.3. The molecule has 0 aliphatic heterocycles. The molecule has 1 saturated carbocycles. The minimum absolute atomic E-state index is 0. The van der Waals surface area contributed by atoms with Gasteiger partial charge in [-0.2, -0.15) is 0 Å². The van der Waals surface area contributed by atoms with Crippen molar-refractivity contribution in [2.45, 2.75) is 18.9 Å². The first-order valence-corrected chi connectivity index (χ1v) is 7.28. The topological polar surface area (TPSA) is 70.6 Å². The predicted octanol–water partition coefficient (Wildman–Crippen LogP) is 1.24. The van der Waals surface area contributed by atoms with E-state index < -0.39 is 17.7 Å². The number of hydrogen-bond acceptors (Lipinski definition) is 4. The van der Waals surface area contributed by atoms with Crippen LogP contribution in [-0.4, -0.2) is 43.4 Å². The van der Waals surface area contributed by atoms with Crippen molar-refractivity contribution in [1.82, 2.24) is 10.6 Å². The van der Waals surface area contributed by atoms with Gasteiger partial charge in [-0.05, 0) is 37.4 Å². The van der Waals surface area contributed by atoms with Crippen molar-refractivity contribution in [2.24, 2.45) is 5.92 Å². The van der Waals surface area contributed by atoms with Gasteiger partial charge in [0.2, 0.25) is 5.91 Å². The average molecular weight is 351 g/mol. The quantitative estimate of drug-likeness (QED) is 0.627. The minimum Gasteiger partial charge on any atom is -0.491 e. The van der Waals surface area contributed by atoms with Crippen LogP contribution in [-0.2, 0) is 4.79 Å². The third-order valence-electron chi connectivity index (χ3n) is 3.28. The molecule has 23 heavy (non-hydrogen) atoms. The number of ether oxygens (including phenoxy) is 1. The van der Waals surface area contributed by atoms with Crippen LogP contribution in [0, 0.1) is 17.6 Å². The van der Waals surface area contributed by atoms with Crippen LogP contribution in [0.1, 0.15) is 12.8 Å². The van der Waals surface area contributed by atoms with Gasteiger partial charge in [-0.15, -0.1) is 12.4 Å². The molecule has 1 aromatic rings. The van der Waals surface area contributed by atoms with E-state index in [9.17, 15) is 18.7 Å². The maximum Gasteiger partial charge on any atom is 0.234 e. The number of benzene rings is 1. The molecule has 8 heteroatoms. The molecule has 0 bridgehead atoms. The molecule has 3 N–H and O–H groups in total. The highest BCUT2D eigenvalue weighted by atomic mass is 35.5. The number of amides is 1. The Morgan fingerprint density at radius 2 is 2.09 bits per heavy atom. The zero-order valence-corrected chi connectivity index (χ0v) is 13.4. The lowest BCUT2D eigenvalue weighted by atomic mass is 10.3. The van der Waals surface area contributed by atoms with Crippen molar-refractivity contribution in [3.05, 3.63) is 29.8 Å². The Labute approximate surface area is 139 Å². The molecule has 0 heterocycles. The zero-order chi connectivity index (χ0) is 15.9. The number of halogens is 3. The van der Waals surface area contributed by atoms with E-state index in [4.69, 9.17) is 4.74 Å². The van der Waals surface area contributed by atoms with Crippen molar-refractivity contribution >= 4 is 18.3 Å². The molecule has 0 saturated heterocycles. The fraction of sp³-hybridized carbons (Fsp3) is 0.533. The second kappa shape index (κ2) is 9.64. The predicted molar refractivity (Wildman–Crippen MR) is 83.7 cm³/mol. The average Bonchev–Trinajstić information content (AvgIpc) is 3.30. The molecule has 130 valence electrons. The molecule has 2 rings (SSSR count). The van der Waals surface area contributed by atoms with E-state index in [1.54, 1.807) is 0 Å². The van der Waals surface area contributed by atoms with E-state index in [0.29, 0.717) is 5.92 Å². The molecular weight excluding hydrogens is 330 g/mol. The molecule has 1 aliphatic carbocycles. The minimum atomic E-state index is -1.01. The molecule has 1 unspecified atom stereocenters. The first-order chi connectivity index (χ1) is 10.5. The lowest BCUT2D eigenvalue weighted by Crippen LogP contribution is -2.40. The van der Waals surface area contributed by atoms with E-state index in [2.05, 4.69) is 10.6 Å². The van der Waals surface area contributed by atoms with Gasteiger partial charge in [0.25, 0.3) is 0 Å². The summed E-state index contributed by atoms with van der Waals surface area (Å²) in [7, 11) is 0. The lowest BCUT2D eigenvalue weighted by molar-refractivity contribution is -0.120. The largest absolute Gasteiger partial charge is 0.491 e. The molecule has 1 fully saturated rings. The Hall–Kier alpha value is -1.44. The summed E-state index contributed by atoms with van der Waals surface area (Å²) in [5.74, 6) is -1.35.